The average molecular weight is 515 g/mol. The van der Waals surface area contributed by atoms with Crippen LogP contribution in [0.4, 0.5) is 11.5 Å². The molecule has 3 aromatic rings. The number of aryl methyl sites for hydroxylation is 2. The number of nitrogens with one attached hydrogen (secondary N) is 2. The highest BCUT2D eigenvalue weighted by atomic mass is 16.2. The van der Waals surface area contributed by atoms with Crippen LogP contribution in [-0.2, 0) is 20.0 Å². The number of anilines is 2. The highest BCUT2D eigenvalue weighted by molar-refractivity contribution is 5.99. The molecule has 1 amide bonds. The second kappa shape index (κ2) is 10.6. The Hall–Kier alpha value is -3.65. The second-order valence-corrected chi connectivity index (χ2v) is 10.7. The first kappa shape index (κ1) is 26.0. The lowest BCUT2D eigenvalue weighted by molar-refractivity contribution is 0.0950. The van der Waals surface area contributed by atoms with Crippen LogP contribution in [0.5, 0.6) is 0 Å². The molecule has 8 heteroatoms. The van der Waals surface area contributed by atoms with Gasteiger partial charge < -0.3 is 25.0 Å². The molecule has 1 saturated heterocycles. The number of fused-ring (bicyclic) bond motifs is 1. The van der Waals surface area contributed by atoms with E-state index in [1.54, 1.807) is 11.6 Å². The van der Waals surface area contributed by atoms with Crippen LogP contribution in [0, 0.1) is 13.8 Å². The molecule has 2 N–H and O–H groups in total. The summed E-state index contributed by atoms with van der Waals surface area (Å²) in [7, 11) is 1.76. The topological polar surface area (TPSA) is 82.5 Å². The van der Waals surface area contributed by atoms with E-state index in [-0.39, 0.29) is 18.0 Å². The molecule has 2 aromatic heterocycles. The molecule has 0 saturated carbocycles. The molecule has 5 rings (SSSR count). The van der Waals surface area contributed by atoms with E-state index in [1.807, 2.05) is 32.2 Å². The van der Waals surface area contributed by atoms with Crippen molar-refractivity contribution in [1.82, 2.24) is 20.2 Å². The van der Waals surface area contributed by atoms with Gasteiger partial charge >= 0.3 is 0 Å². The largest absolute Gasteiger partial charge is 0.369 e. The standard InChI is InChI=1S/C30H38N6O2/c1-19(2)36-11-8-24-25(29(37)33-18-26-20(3)14-21(4)34(5)30(26)38)15-23(16-27(24)36)22-6-7-28(32-17-22)35-12-9-31-10-13-35/h6-7,14-17,19,31H,8-13,18H2,1-5H3,(H,33,37). The van der Waals surface area contributed by atoms with Crippen molar-refractivity contribution in [3.8, 4) is 11.1 Å². The van der Waals surface area contributed by atoms with E-state index in [0.717, 1.165) is 78.6 Å². The molecular weight excluding hydrogens is 476 g/mol. The molecule has 1 fully saturated rings. The molecule has 0 spiro atoms. The summed E-state index contributed by atoms with van der Waals surface area (Å²) < 4.78 is 1.63. The fraction of sp³-hybridized carbons (Fsp3) is 0.433. The zero-order valence-electron chi connectivity index (χ0n) is 23.1. The van der Waals surface area contributed by atoms with E-state index in [2.05, 4.69) is 52.5 Å². The molecule has 0 unspecified atom stereocenters. The molecule has 4 heterocycles. The highest BCUT2D eigenvalue weighted by Crippen LogP contribution is 2.37. The predicted molar refractivity (Wildman–Crippen MR) is 153 cm³/mol. The van der Waals surface area contributed by atoms with E-state index < -0.39 is 0 Å². The number of aromatic nitrogens is 2. The maximum Gasteiger partial charge on any atom is 0.255 e. The minimum Gasteiger partial charge on any atom is -0.369 e. The molecule has 0 aliphatic carbocycles. The first-order valence-corrected chi connectivity index (χ1v) is 13.5. The van der Waals surface area contributed by atoms with Gasteiger partial charge in [0.2, 0.25) is 0 Å². The van der Waals surface area contributed by atoms with Crippen molar-refractivity contribution in [2.75, 3.05) is 42.5 Å². The predicted octanol–water partition coefficient (Wildman–Crippen LogP) is 3.17. The van der Waals surface area contributed by atoms with Gasteiger partial charge in [0.1, 0.15) is 5.82 Å². The third-order valence-electron chi connectivity index (χ3n) is 7.95. The lowest BCUT2D eigenvalue weighted by atomic mass is 9.97. The number of pyridine rings is 2. The minimum atomic E-state index is -0.152. The van der Waals surface area contributed by atoms with Gasteiger partial charge in [-0.1, -0.05) is 0 Å². The van der Waals surface area contributed by atoms with Gasteiger partial charge in [0.05, 0.1) is 0 Å². The molecule has 2 aliphatic heterocycles. The Bertz CT molecular complexity index is 1400. The smallest absolute Gasteiger partial charge is 0.255 e. The first-order valence-electron chi connectivity index (χ1n) is 13.5. The number of benzene rings is 1. The van der Waals surface area contributed by atoms with Gasteiger partial charge in [-0.15, -0.1) is 0 Å². The van der Waals surface area contributed by atoms with Crippen molar-refractivity contribution in [3.63, 3.8) is 0 Å². The molecule has 0 radical (unpaired) electrons. The summed E-state index contributed by atoms with van der Waals surface area (Å²) in [5, 5.41) is 6.43. The highest BCUT2D eigenvalue weighted by Gasteiger charge is 2.27. The summed E-state index contributed by atoms with van der Waals surface area (Å²) in [4.78, 5) is 35.9. The minimum absolute atomic E-state index is 0.0663. The van der Waals surface area contributed by atoms with Crippen LogP contribution >= 0.6 is 0 Å². The number of hydrogen-bond acceptors (Lipinski definition) is 6. The van der Waals surface area contributed by atoms with E-state index in [1.165, 1.54) is 0 Å². The Balaban J connectivity index is 1.47. The Morgan fingerprint density at radius 3 is 2.53 bits per heavy atom. The Morgan fingerprint density at radius 2 is 1.84 bits per heavy atom. The number of piperazine rings is 1. The van der Waals surface area contributed by atoms with Gasteiger partial charge in [0.25, 0.3) is 11.5 Å². The lowest BCUT2D eigenvalue weighted by Gasteiger charge is -2.28. The molecule has 200 valence electrons. The average Bonchev–Trinajstić information content (AvgIpc) is 3.36. The Morgan fingerprint density at radius 1 is 1.08 bits per heavy atom. The van der Waals surface area contributed by atoms with Crippen molar-refractivity contribution in [2.24, 2.45) is 7.05 Å². The summed E-state index contributed by atoms with van der Waals surface area (Å²) in [6.45, 7) is 13.1. The van der Waals surface area contributed by atoms with Gasteiger partial charge in [0.15, 0.2) is 0 Å². The van der Waals surface area contributed by atoms with E-state index in [0.29, 0.717) is 17.2 Å². The van der Waals surface area contributed by atoms with Gasteiger partial charge in [-0.3, -0.25) is 9.59 Å². The van der Waals surface area contributed by atoms with Crippen LogP contribution in [0.2, 0.25) is 0 Å². The van der Waals surface area contributed by atoms with Crippen molar-refractivity contribution in [1.29, 1.82) is 0 Å². The summed E-state index contributed by atoms with van der Waals surface area (Å²) in [6.07, 6.45) is 2.73. The normalized spacial score (nSPS) is 15.2. The summed E-state index contributed by atoms with van der Waals surface area (Å²) in [5.41, 5.74) is 7.16. The van der Waals surface area contributed by atoms with E-state index in [4.69, 9.17) is 4.98 Å². The van der Waals surface area contributed by atoms with Crippen molar-refractivity contribution >= 4 is 17.4 Å². The lowest BCUT2D eigenvalue weighted by Crippen LogP contribution is -2.43. The summed E-state index contributed by atoms with van der Waals surface area (Å²) >= 11 is 0. The second-order valence-electron chi connectivity index (χ2n) is 10.7. The van der Waals surface area contributed by atoms with Gasteiger partial charge in [-0.25, -0.2) is 4.98 Å². The molecule has 0 bridgehead atoms. The molecule has 8 nitrogen and oxygen atoms in total. The zero-order chi connectivity index (χ0) is 27.0. The molecule has 0 atom stereocenters. The molecule has 1 aromatic carbocycles. The Labute approximate surface area is 224 Å². The van der Waals surface area contributed by atoms with Gasteiger partial charge in [-0.2, -0.15) is 0 Å². The molecule has 2 aliphatic rings. The Kier molecular flexibility index (Phi) is 7.25. The van der Waals surface area contributed by atoms with Crippen LogP contribution in [0.15, 0.2) is 41.3 Å². The van der Waals surface area contributed by atoms with E-state index >= 15 is 0 Å². The number of hydrogen-bond donors (Lipinski definition) is 2. The first-order chi connectivity index (χ1) is 18.2. The van der Waals surface area contributed by atoms with Crippen LogP contribution in [0.25, 0.3) is 11.1 Å². The van der Waals surface area contributed by atoms with Gasteiger partial charge in [0, 0.05) is 86.6 Å². The molecular formula is C30H38N6O2. The maximum absolute atomic E-state index is 13.6. The molecule has 38 heavy (non-hydrogen) atoms. The van der Waals surface area contributed by atoms with Crippen molar-refractivity contribution in [2.45, 2.75) is 46.7 Å². The third-order valence-corrected chi connectivity index (χ3v) is 7.95. The van der Waals surface area contributed by atoms with Crippen molar-refractivity contribution < 1.29 is 4.79 Å². The number of carbonyl (C=O) groups is 1. The SMILES string of the molecule is Cc1cc(C)n(C)c(=O)c1CNC(=O)c1cc(-c2ccc(N3CCNCC3)nc2)cc2c1CCN2C(C)C. The number of nitrogens with zero attached hydrogens (tertiary/aromatic N) is 4. The van der Waals surface area contributed by atoms with Crippen LogP contribution < -0.4 is 26.0 Å². The fourth-order valence-electron chi connectivity index (χ4n) is 5.58. The van der Waals surface area contributed by atoms with Crippen LogP contribution in [-0.4, -0.2) is 54.2 Å². The van der Waals surface area contributed by atoms with E-state index in [9.17, 15) is 9.59 Å². The third kappa shape index (κ3) is 4.92. The maximum atomic E-state index is 13.6. The number of rotatable bonds is 6. The quantitative estimate of drug-likeness (QED) is 0.526. The number of carbonyl (C=O) groups excluding carboxylic acids is 1. The van der Waals surface area contributed by atoms with Gasteiger partial charge in [-0.05, 0) is 81.1 Å². The van der Waals surface area contributed by atoms with Crippen molar-refractivity contribution in [3.05, 3.63) is 74.8 Å². The monoisotopic (exact) mass is 514 g/mol. The van der Waals surface area contributed by atoms with Crippen LogP contribution in [0.1, 0.15) is 46.6 Å². The summed E-state index contributed by atoms with van der Waals surface area (Å²) in [5.74, 6) is 0.828. The van der Waals surface area contributed by atoms with Crippen LogP contribution in [0.3, 0.4) is 0 Å². The zero-order valence-corrected chi connectivity index (χ0v) is 23.1. The summed E-state index contributed by atoms with van der Waals surface area (Å²) in [6, 6.07) is 10.7. The fourth-order valence-corrected chi connectivity index (χ4v) is 5.58. The number of amides is 1.